The lowest BCUT2D eigenvalue weighted by atomic mass is 9.97. The highest BCUT2D eigenvalue weighted by atomic mass is 79.9. The van der Waals surface area contributed by atoms with Gasteiger partial charge in [-0.2, -0.15) is 0 Å². The van der Waals surface area contributed by atoms with Crippen molar-refractivity contribution in [3.05, 3.63) is 51.8 Å². The summed E-state index contributed by atoms with van der Waals surface area (Å²) >= 11 is 4.83. The van der Waals surface area contributed by atoms with E-state index in [2.05, 4.69) is 74.2 Å². The maximum Gasteiger partial charge on any atom is 0.271 e. The summed E-state index contributed by atoms with van der Waals surface area (Å²) in [5.74, 6) is 0.341. The molecule has 1 aromatic carbocycles. The number of benzene rings is 1. The maximum absolute atomic E-state index is 12.8. The molecule has 1 aromatic heterocycles. The van der Waals surface area contributed by atoms with E-state index in [0.29, 0.717) is 27.8 Å². The summed E-state index contributed by atoms with van der Waals surface area (Å²) < 4.78 is 0.614. The van der Waals surface area contributed by atoms with Gasteiger partial charge in [-0.05, 0) is 65.2 Å². The van der Waals surface area contributed by atoms with Gasteiger partial charge in [-0.3, -0.25) is 9.69 Å². The van der Waals surface area contributed by atoms with Gasteiger partial charge in [0.05, 0.1) is 10.5 Å². The molecule has 7 heteroatoms. The van der Waals surface area contributed by atoms with Gasteiger partial charge in [-0.1, -0.05) is 56.3 Å². The highest BCUT2D eigenvalue weighted by Gasteiger charge is 2.24. The predicted molar refractivity (Wildman–Crippen MR) is 123 cm³/mol. The highest BCUT2D eigenvalue weighted by molar-refractivity contribution is 9.10. The molecule has 0 bridgehead atoms. The van der Waals surface area contributed by atoms with Crippen LogP contribution >= 0.6 is 27.7 Å². The Morgan fingerprint density at radius 3 is 2.45 bits per heavy atom. The van der Waals surface area contributed by atoms with Crippen LogP contribution in [0.4, 0.5) is 0 Å². The quantitative estimate of drug-likeness (QED) is 0.447. The number of hydrogen-bond donors (Lipinski definition) is 1. The Bertz CT molecular complexity index is 822. The van der Waals surface area contributed by atoms with Gasteiger partial charge in [0.2, 0.25) is 0 Å². The Kier molecular flexibility index (Phi) is 8.09. The van der Waals surface area contributed by atoms with Crippen LogP contribution in [0.2, 0.25) is 0 Å². The minimum absolute atomic E-state index is 0.168. The second kappa shape index (κ2) is 10.5. The van der Waals surface area contributed by atoms with Gasteiger partial charge in [-0.25, -0.2) is 9.97 Å². The normalized spacial score (nSPS) is 16.0. The molecule has 5 nitrogen and oxygen atoms in total. The molecule has 1 atom stereocenters. The van der Waals surface area contributed by atoms with Crippen LogP contribution in [-0.2, 0) is 0 Å². The van der Waals surface area contributed by atoms with E-state index >= 15 is 0 Å². The largest absolute Gasteiger partial charge is 0.349 e. The van der Waals surface area contributed by atoms with Gasteiger partial charge >= 0.3 is 0 Å². The molecule has 0 spiro atoms. The lowest BCUT2D eigenvalue weighted by molar-refractivity contribution is 0.0917. The van der Waals surface area contributed by atoms with Crippen molar-refractivity contribution in [3.8, 4) is 0 Å². The number of likely N-dealkylation sites (tertiary alicyclic amines) is 1. The molecule has 1 aliphatic heterocycles. The number of nitrogens with zero attached hydrogens (tertiary/aromatic N) is 3. The molecule has 1 amide bonds. The summed E-state index contributed by atoms with van der Waals surface area (Å²) in [7, 11) is 0. The van der Waals surface area contributed by atoms with Crippen LogP contribution in [0.25, 0.3) is 0 Å². The molecule has 2 aromatic rings. The van der Waals surface area contributed by atoms with Crippen LogP contribution in [0.5, 0.6) is 0 Å². The summed E-state index contributed by atoms with van der Waals surface area (Å²) in [6, 6.07) is 9.02. The fourth-order valence-corrected chi connectivity index (χ4v) is 4.38. The van der Waals surface area contributed by atoms with E-state index in [-0.39, 0.29) is 11.9 Å². The number of carbonyl (C=O) groups is 1. The Morgan fingerprint density at radius 2 is 1.83 bits per heavy atom. The average molecular weight is 477 g/mol. The number of aromatic nitrogens is 2. The number of rotatable bonds is 7. The van der Waals surface area contributed by atoms with Gasteiger partial charge in [0.15, 0.2) is 5.16 Å². The fraction of sp³-hybridized carbons (Fsp3) is 0.500. The predicted octanol–water partition coefficient (Wildman–Crippen LogP) is 5.04. The molecular weight excluding hydrogens is 448 g/mol. The van der Waals surface area contributed by atoms with Gasteiger partial charge < -0.3 is 5.32 Å². The standard InChI is InChI=1S/C22H29BrN4OS/c1-15(2)16-7-9-17(10-8-16)19(27-11-5-4-6-12-27)14-24-21(28)20-18(23)13-25-22(26-20)29-3/h7-10,13,15,19H,4-6,11-12,14H2,1-3H3,(H,24,28)/t19-/m0/s1. The van der Waals surface area contributed by atoms with Gasteiger partial charge in [0.25, 0.3) is 5.91 Å². The molecular formula is C22H29BrN4OS. The molecule has 29 heavy (non-hydrogen) atoms. The Morgan fingerprint density at radius 1 is 1.17 bits per heavy atom. The van der Waals surface area contributed by atoms with Crippen LogP contribution in [0, 0.1) is 0 Å². The first-order valence-electron chi connectivity index (χ1n) is 10.2. The van der Waals surface area contributed by atoms with Crippen molar-refractivity contribution in [1.82, 2.24) is 20.2 Å². The van der Waals surface area contributed by atoms with E-state index in [1.807, 2.05) is 6.26 Å². The first-order chi connectivity index (χ1) is 14.0. The third-order valence-corrected chi connectivity index (χ3v) is 6.54. The van der Waals surface area contributed by atoms with Crippen molar-refractivity contribution in [2.45, 2.75) is 50.2 Å². The first-order valence-corrected chi connectivity index (χ1v) is 12.2. The smallest absolute Gasteiger partial charge is 0.271 e. The lowest BCUT2D eigenvalue weighted by Gasteiger charge is -2.35. The summed E-state index contributed by atoms with van der Waals surface area (Å²) in [6.45, 7) is 7.12. The number of carbonyl (C=O) groups excluding carboxylic acids is 1. The molecule has 1 N–H and O–H groups in total. The van der Waals surface area contributed by atoms with Gasteiger partial charge in [-0.15, -0.1) is 0 Å². The number of hydrogen-bond acceptors (Lipinski definition) is 5. The van der Waals surface area contributed by atoms with Crippen molar-refractivity contribution in [2.75, 3.05) is 25.9 Å². The Balaban J connectivity index is 1.77. The lowest BCUT2D eigenvalue weighted by Crippen LogP contribution is -2.40. The zero-order valence-electron chi connectivity index (χ0n) is 17.3. The van der Waals surface area contributed by atoms with Crippen molar-refractivity contribution in [3.63, 3.8) is 0 Å². The van der Waals surface area contributed by atoms with Crippen LogP contribution in [-0.4, -0.2) is 46.7 Å². The minimum Gasteiger partial charge on any atom is -0.349 e. The zero-order valence-corrected chi connectivity index (χ0v) is 19.7. The third kappa shape index (κ3) is 5.80. The Hall–Kier alpha value is -1.44. The number of halogens is 1. The number of piperidine rings is 1. The fourth-order valence-electron chi connectivity index (χ4n) is 3.67. The molecule has 3 rings (SSSR count). The Labute approximate surface area is 186 Å². The summed E-state index contributed by atoms with van der Waals surface area (Å²) in [5, 5.41) is 3.71. The van der Waals surface area contributed by atoms with Crippen molar-refractivity contribution < 1.29 is 4.79 Å². The van der Waals surface area contributed by atoms with E-state index < -0.39 is 0 Å². The van der Waals surface area contributed by atoms with Gasteiger partial charge in [0.1, 0.15) is 5.69 Å². The molecule has 1 saturated heterocycles. The van der Waals surface area contributed by atoms with E-state index in [0.717, 1.165) is 13.1 Å². The van der Waals surface area contributed by atoms with Crippen LogP contribution in [0.15, 0.2) is 40.1 Å². The van der Waals surface area contributed by atoms with E-state index in [4.69, 9.17) is 0 Å². The molecule has 1 aliphatic rings. The average Bonchev–Trinajstić information content (AvgIpc) is 2.75. The maximum atomic E-state index is 12.8. The van der Waals surface area contributed by atoms with E-state index in [1.165, 1.54) is 42.2 Å². The molecule has 156 valence electrons. The molecule has 2 heterocycles. The number of amides is 1. The minimum atomic E-state index is -0.171. The summed E-state index contributed by atoms with van der Waals surface area (Å²) in [5.41, 5.74) is 2.98. The molecule has 1 fully saturated rings. The SMILES string of the molecule is CSc1ncc(Br)c(C(=O)NC[C@@H](c2ccc(C(C)C)cc2)N2CCCCC2)n1. The van der Waals surface area contributed by atoms with Crippen LogP contribution in [0.1, 0.15) is 66.7 Å². The van der Waals surface area contributed by atoms with Gasteiger partial charge in [0, 0.05) is 12.7 Å². The highest BCUT2D eigenvalue weighted by Crippen LogP contribution is 2.26. The molecule has 0 unspecified atom stereocenters. The number of nitrogens with one attached hydrogen (secondary N) is 1. The van der Waals surface area contributed by atoms with Crippen molar-refractivity contribution in [1.29, 1.82) is 0 Å². The van der Waals surface area contributed by atoms with E-state index in [1.54, 1.807) is 6.20 Å². The molecule has 0 aliphatic carbocycles. The van der Waals surface area contributed by atoms with Crippen molar-refractivity contribution >= 4 is 33.6 Å². The van der Waals surface area contributed by atoms with E-state index in [9.17, 15) is 4.79 Å². The summed E-state index contributed by atoms with van der Waals surface area (Å²) in [6.07, 6.45) is 7.25. The monoisotopic (exact) mass is 476 g/mol. The zero-order chi connectivity index (χ0) is 20.8. The summed E-state index contributed by atoms with van der Waals surface area (Å²) in [4.78, 5) is 23.9. The van der Waals surface area contributed by atoms with Crippen LogP contribution < -0.4 is 5.32 Å². The molecule has 0 radical (unpaired) electrons. The molecule has 0 saturated carbocycles. The second-order valence-electron chi connectivity index (χ2n) is 7.70. The first kappa shape index (κ1) is 22.2. The van der Waals surface area contributed by atoms with Crippen LogP contribution in [0.3, 0.4) is 0 Å². The topological polar surface area (TPSA) is 58.1 Å². The number of thioether (sulfide) groups is 1. The second-order valence-corrected chi connectivity index (χ2v) is 9.32. The van der Waals surface area contributed by atoms with Crippen molar-refractivity contribution in [2.24, 2.45) is 0 Å². The third-order valence-electron chi connectivity index (χ3n) is 5.39.